The fourth-order valence-electron chi connectivity index (χ4n) is 2.23. The zero-order valence-electron chi connectivity index (χ0n) is 12.2. The third-order valence-corrected chi connectivity index (χ3v) is 3.69. The second-order valence-electron chi connectivity index (χ2n) is 5.29. The van der Waals surface area contributed by atoms with E-state index in [-0.39, 0.29) is 22.1 Å². The Morgan fingerprint density at radius 1 is 1.14 bits per heavy atom. The normalized spacial score (nSPS) is 11.0. The lowest BCUT2D eigenvalue weighted by Gasteiger charge is -2.14. The van der Waals surface area contributed by atoms with Gasteiger partial charge >= 0.3 is 0 Å². The third kappa shape index (κ3) is 3.05. The second kappa shape index (κ2) is 5.82. The third-order valence-electron chi connectivity index (χ3n) is 3.30. The first-order valence-electron chi connectivity index (χ1n) is 6.62. The molecular formula is C16H18ClFN2O. The molecule has 0 atom stereocenters. The van der Waals surface area contributed by atoms with Gasteiger partial charge in [-0.2, -0.15) is 0 Å². The van der Waals surface area contributed by atoms with Crippen molar-refractivity contribution in [2.45, 2.75) is 26.7 Å². The van der Waals surface area contributed by atoms with Crippen LogP contribution in [0.5, 0.6) is 11.5 Å². The van der Waals surface area contributed by atoms with Gasteiger partial charge in [0.1, 0.15) is 10.8 Å². The molecule has 0 amide bonds. The largest absolute Gasteiger partial charge is 0.452 e. The minimum atomic E-state index is -0.750. The highest BCUT2D eigenvalue weighted by Crippen LogP contribution is 2.38. The van der Waals surface area contributed by atoms with Gasteiger partial charge in [-0.05, 0) is 42.2 Å². The summed E-state index contributed by atoms with van der Waals surface area (Å²) in [5.41, 5.74) is 13.8. The summed E-state index contributed by atoms with van der Waals surface area (Å²) in [6.07, 6.45) is 0. The maximum atomic E-state index is 14.1. The minimum Gasteiger partial charge on any atom is -0.452 e. The maximum absolute atomic E-state index is 14.1. The van der Waals surface area contributed by atoms with Gasteiger partial charge in [0, 0.05) is 0 Å². The number of rotatable bonds is 3. The van der Waals surface area contributed by atoms with Crippen molar-refractivity contribution in [3.8, 4) is 11.5 Å². The van der Waals surface area contributed by atoms with Crippen molar-refractivity contribution in [3.05, 3.63) is 46.2 Å². The van der Waals surface area contributed by atoms with E-state index in [0.717, 1.165) is 5.56 Å². The zero-order chi connectivity index (χ0) is 15.7. The van der Waals surface area contributed by atoms with Crippen LogP contribution in [0.4, 0.5) is 15.8 Å². The first-order chi connectivity index (χ1) is 9.81. The number of hydrogen-bond acceptors (Lipinski definition) is 3. The molecule has 5 heteroatoms. The molecule has 0 aliphatic heterocycles. The molecule has 0 spiro atoms. The van der Waals surface area contributed by atoms with E-state index >= 15 is 0 Å². The van der Waals surface area contributed by atoms with Crippen molar-refractivity contribution >= 4 is 23.0 Å². The molecule has 2 aromatic rings. The number of aryl methyl sites for hydroxylation is 1. The smallest absolute Gasteiger partial charge is 0.188 e. The highest BCUT2D eigenvalue weighted by Gasteiger charge is 2.17. The Bertz CT molecular complexity index is 686. The fourth-order valence-corrected chi connectivity index (χ4v) is 2.37. The van der Waals surface area contributed by atoms with Gasteiger partial charge in [0.05, 0.1) is 11.4 Å². The molecule has 2 aromatic carbocycles. The number of nitrogens with two attached hydrogens (primary N) is 2. The molecule has 2 rings (SSSR count). The molecule has 0 aliphatic carbocycles. The van der Waals surface area contributed by atoms with E-state index in [2.05, 4.69) is 13.8 Å². The summed E-state index contributed by atoms with van der Waals surface area (Å²) in [4.78, 5) is 0. The summed E-state index contributed by atoms with van der Waals surface area (Å²) in [6.45, 7) is 6.21. The zero-order valence-corrected chi connectivity index (χ0v) is 13.0. The lowest BCUT2D eigenvalue weighted by atomic mass is 9.98. The monoisotopic (exact) mass is 308 g/mol. The van der Waals surface area contributed by atoms with Crippen LogP contribution in [0.15, 0.2) is 24.3 Å². The molecule has 0 unspecified atom stereocenters. The van der Waals surface area contributed by atoms with E-state index in [1.54, 1.807) is 6.07 Å². The number of ether oxygens (including phenoxy) is 1. The van der Waals surface area contributed by atoms with Crippen molar-refractivity contribution in [3.63, 3.8) is 0 Å². The quantitative estimate of drug-likeness (QED) is 0.795. The van der Waals surface area contributed by atoms with Crippen molar-refractivity contribution < 1.29 is 9.13 Å². The summed E-state index contributed by atoms with van der Waals surface area (Å²) in [5.74, 6) is 0.0563. The van der Waals surface area contributed by atoms with Gasteiger partial charge in [-0.25, -0.2) is 4.39 Å². The average Bonchev–Trinajstić information content (AvgIpc) is 2.41. The summed E-state index contributed by atoms with van der Waals surface area (Å²) in [6, 6.07) is 6.97. The molecule has 112 valence electrons. The van der Waals surface area contributed by atoms with Crippen molar-refractivity contribution in [2.75, 3.05) is 11.5 Å². The SMILES string of the molecule is Cc1cc(Oc2c(N)cc(N)c(Cl)c2F)ccc1C(C)C. The highest BCUT2D eigenvalue weighted by molar-refractivity contribution is 6.33. The Morgan fingerprint density at radius 2 is 1.81 bits per heavy atom. The molecule has 0 radical (unpaired) electrons. The number of benzene rings is 2. The topological polar surface area (TPSA) is 61.3 Å². The van der Waals surface area contributed by atoms with Crippen LogP contribution < -0.4 is 16.2 Å². The van der Waals surface area contributed by atoms with Crippen LogP contribution in [-0.2, 0) is 0 Å². The molecule has 0 saturated carbocycles. The number of hydrogen-bond donors (Lipinski definition) is 2. The predicted octanol–water partition coefficient (Wildman–Crippen LogP) is 4.87. The molecule has 4 N–H and O–H groups in total. The van der Waals surface area contributed by atoms with Gasteiger partial charge in [-0.15, -0.1) is 0 Å². The van der Waals surface area contributed by atoms with E-state index in [0.29, 0.717) is 11.7 Å². The Morgan fingerprint density at radius 3 is 2.38 bits per heavy atom. The summed E-state index contributed by atoms with van der Waals surface area (Å²) in [5, 5.41) is -0.185. The first-order valence-corrected chi connectivity index (χ1v) is 7.00. The van der Waals surface area contributed by atoms with Crippen LogP contribution in [-0.4, -0.2) is 0 Å². The van der Waals surface area contributed by atoms with Crippen LogP contribution >= 0.6 is 11.6 Å². The molecule has 0 saturated heterocycles. The Hall–Kier alpha value is -1.94. The molecule has 3 nitrogen and oxygen atoms in total. The van der Waals surface area contributed by atoms with Crippen LogP contribution in [0.2, 0.25) is 5.02 Å². The molecule has 0 fully saturated rings. The minimum absolute atomic E-state index is 0.0883. The lowest BCUT2D eigenvalue weighted by molar-refractivity contribution is 0.444. The van der Waals surface area contributed by atoms with Gasteiger partial charge in [0.25, 0.3) is 0 Å². The van der Waals surface area contributed by atoms with Gasteiger partial charge in [-0.1, -0.05) is 31.5 Å². The molecular weight excluding hydrogens is 291 g/mol. The van der Waals surface area contributed by atoms with Crippen molar-refractivity contribution in [1.82, 2.24) is 0 Å². The maximum Gasteiger partial charge on any atom is 0.188 e. The summed E-state index contributed by atoms with van der Waals surface area (Å²) < 4.78 is 19.7. The molecule has 0 heterocycles. The van der Waals surface area contributed by atoms with Gasteiger partial charge in [-0.3, -0.25) is 0 Å². The fraction of sp³-hybridized carbons (Fsp3) is 0.250. The summed E-state index contributed by atoms with van der Waals surface area (Å²) in [7, 11) is 0. The van der Waals surface area contributed by atoms with Crippen molar-refractivity contribution in [2.24, 2.45) is 0 Å². The number of nitrogen functional groups attached to an aromatic ring is 2. The van der Waals surface area contributed by atoms with Crippen molar-refractivity contribution in [1.29, 1.82) is 0 Å². The van der Waals surface area contributed by atoms with E-state index in [1.165, 1.54) is 11.6 Å². The summed E-state index contributed by atoms with van der Waals surface area (Å²) >= 11 is 5.78. The Kier molecular flexibility index (Phi) is 4.28. The molecule has 0 aliphatic rings. The second-order valence-corrected chi connectivity index (χ2v) is 5.67. The Labute approximate surface area is 128 Å². The van der Waals surface area contributed by atoms with E-state index in [9.17, 15) is 4.39 Å². The molecule has 0 bridgehead atoms. The van der Waals surface area contributed by atoms with Crippen LogP contribution in [0.1, 0.15) is 30.9 Å². The van der Waals surface area contributed by atoms with Gasteiger partial charge in [0.15, 0.2) is 11.6 Å². The van der Waals surface area contributed by atoms with E-state index in [1.807, 2.05) is 19.1 Å². The highest BCUT2D eigenvalue weighted by atomic mass is 35.5. The van der Waals surface area contributed by atoms with E-state index < -0.39 is 5.82 Å². The molecule has 21 heavy (non-hydrogen) atoms. The van der Waals surface area contributed by atoms with Crippen LogP contribution in [0.25, 0.3) is 0 Å². The standard InChI is InChI=1S/C16H18ClFN2O/c1-8(2)11-5-4-10(6-9(11)3)21-16-13(20)7-12(19)14(17)15(16)18/h4-8H,19-20H2,1-3H3. The van der Waals surface area contributed by atoms with E-state index in [4.69, 9.17) is 27.8 Å². The first kappa shape index (κ1) is 15.4. The Balaban J connectivity index is 2.39. The number of halogens is 2. The van der Waals surface area contributed by atoms with Crippen LogP contribution in [0.3, 0.4) is 0 Å². The predicted molar refractivity (Wildman–Crippen MR) is 85.6 cm³/mol. The van der Waals surface area contributed by atoms with Gasteiger partial charge in [0.2, 0.25) is 0 Å². The van der Waals surface area contributed by atoms with Crippen LogP contribution in [0, 0.1) is 12.7 Å². The molecule has 0 aromatic heterocycles. The van der Waals surface area contributed by atoms with Gasteiger partial charge < -0.3 is 16.2 Å². The average molecular weight is 309 g/mol. The lowest BCUT2D eigenvalue weighted by Crippen LogP contribution is -2.00. The number of anilines is 2.